The van der Waals surface area contributed by atoms with Crippen LogP contribution in [0.5, 0.6) is 0 Å². The molecule has 9 nitrogen and oxygen atoms in total. The average Bonchev–Trinajstić information content (AvgIpc) is 3.29. The molecule has 3 heterocycles. The molecule has 0 aliphatic carbocycles. The van der Waals surface area contributed by atoms with E-state index in [1.165, 1.54) is 0 Å². The molecule has 5 rings (SSSR count). The summed E-state index contributed by atoms with van der Waals surface area (Å²) in [6.45, 7) is 6.46. The lowest BCUT2D eigenvalue weighted by Crippen LogP contribution is -2.48. The third-order valence-electron chi connectivity index (χ3n) is 6.89. The highest BCUT2D eigenvalue weighted by atomic mass is 16.4. The Labute approximate surface area is 203 Å². The van der Waals surface area contributed by atoms with Gasteiger partial charge in [-0.1, -0.05) is 36.4 Å². The van der Waals surface area contributed by atoms with E-state index >= 15 is 0 Å². The van der Waals surface area contributed by atoms with E-state index in [1.54, 1.807) is 28.8 Å². The van der Waals surface area contributed by atoms with Crippen molar-refractivity contribution in [3.8, 4) is 5.69 Å². The Morgan fingerprint density at radius 2 is 1.49 bits per heavy atom. The number of benzene rings is 2. The lowest BCUT2D eigenvalue weighted by Gasteiger charge is -2.36. The standard InChI is InChI=1S/C26H29N5O4/c32-24-21-9-5-4-8-20(21)23(25(33)34)22(31(24)19-6-2-1-3-7-19)18-29-14-12-28(13-15-29)16-17-30-11-10-27-26(30)35/h1-9H,10-18H2,(H,27,35)(H,33,34). The number of pyridine rings is 1. The minimum absolute atomic E-state index is 0.0000218. The number of nitrogens with zero attached hydrogens (tertiary/aromatic N) is 4. The van der Waals surface area contributed by atoms with Crippen LogP contribution in [0.25, 0.3) is 16.5 Å². The van der Waals surface area contributed by atoms with E-state index in [1.807, 2.05) is 35.2 Å². The van der Waals surface area contributed by atoms with Crippen molar-refractivity contribution in [1.29, 1.82) is 0 Å². The Kier molecular flexibility index (Phi) is 6.52. The third-order valence-corrected chi connectivity index (χ3v) is 6.89. The number of aromatic nitrogens is 1. The van der Waals surface area contributed by atoms with Crippen LogP contribution in [0, 0.1) is 0 Å². The second-order valence-electron chi connectivity index (χ2n) is 8.99. The average molecular weight is 476 g/mol. The Hall–Kier alpha value is -3.69. The molecule has 0 unspecified atom stereocenters. The van der Waals surface area contributed by atoms with Gasteiger partial charge in [-0.3, -0.25) is 19.2 Å². The quantitative estimate of drug-likeness (QED) is 0.541. The summed E-state index contributed by atoms with van der Waals surface area (Å²) < 4.78 is 1.56. The molecule has 2 saturated heterocycles. The summed E-state index contributed by atoms with van der Waals surface area (Å²) in [5.74, 6) is -1.04. The molecule has 2 amide bonds. The van der Waals surface area contributed by atoms with Crippen LogP contribution in [0.15, 0.2) is 59.4 Å². The molecular formula is C26H29N5O4. The van der Waals surface area contributed by atoms with Crippen molar-refractivity contribution in [2.45, 2.75) is 6.54 Å². The summed E-state index contributed by atoms with van der Waals surface area (Å²) in [7, 11) is 0. The molecule has 0 radical (unpaired) electrons. The summed E-state index contributed by atoms with van der Waals surface area (Å²) in [5.41, 5.74) is 1.11. The van der Waals surface area contributed by atoms with Gasteiger partial charge in [-0.25, -0.2) is 9.59 Å². The van der Waals surface area contributed by atoms with Crippen LogP contribution >= 0.6 is 0 Å². The molecule has 1 aromatic heterocycles. The number of para-hydroxylation sites is 1. The van der Waals surface area contributed by atoms with Gasteiger partial charge in [0.1, 0.15) is 0 Å². The molecule has 2 aromatic carbocycles. The second-order valence-corrected chi connectivity index (χ2v) is 8.99. The van der Waals surface area contributed by atoms with Crippen LogP contribution in [0.2, 0.25) is 0 Å². The summed E-state index contributed by atoms with van der Waals surface area (Å²) in [5, 5.41) is 13.9. The van der Waals surface area contributed by atoms with Crippen molar-refractivity contribution in [3.05, 3.63) is 76.2 Å². The number of aromatic carboxylic acids is 1. The van der Waals surface area contributed by atoms with Crippen molar-refractivity contribution >= 4 is 22.8 Å². The maximum absolute atomic E-state index is 13.6. The number of rotatable bonds is 7. The van der Waals surface area contributed by atoms with E-state index in [-0.39, 0.29) is 17.2 Å². The van der Waals surface area contributed by atoms with Gasteiger partial charge in [0.05, 0.1) is 11.3 Å². The van der Waals surface area contributed by atoms with Crippen LogP contribution in [0.4, 0.5) is 4.79 Å². The number of fused-ring (bicyclic) bond motifs is 1. The number of urea groups is 1. The minimum atomic E-state index is -1.04. The molecule has 3 aromatic rings. The Morgan fingerprint density at radius 1 is 0.829 bits per heavy atom. The highest BCUT2D eigenvalue weighted by molar-refractivity contribution is 6.04. The zero-order chi connectivity index (χ0) is 24.4. The lowest BCUT2D eigenvalue weighted by molar-refractivity contribution is 0.0693. The van der Waals surface area contributed by atoms with Gasteiger partial charge in [-0.2, -0.15) is 0 Å². The fourth-order valence-corrected chi connectivity index (χ4v) is 5.01. The smallest absolute Gasteiger partial charge is 0.338 e. The molecule has 0 bridgehead atoms. The number of amides is 2. The number of carboxylic acids is 1. The van der Waals surface area contributed by atoms with Gasteiger partial charge in [0, 0.05) is 75.4 Å². The van der Waals surface area contributed by atoms with Crippen molar-refractivity contribution in [2.24, 2.45) is 0 Å². The predicted molar refractivity (Wildman–Crippen MR) is 133 cm³/mol. The van der Waals surface area contributed by atoms with Crippen LogP contribution in [-0.2, 0) is 6.54 Å². The molecule has 2 fully saturated rings. The van der Waals surface area contributed by atoms with E-state index in [9.17, 15) is 19.5 Å². The fourth-order valence-electron chi connectivity index (χ4n) is 5.01. The summed E-state index contributed by atoms with van der Waals surface area (Å²) in [6.07, 6.45) is 0. The fraction of sp³-hybridized carbons (Fsp3) is 0.346. The van der Waals surface area contributed by atoms with Gasteiger partial charge in [-0.05, 0) is 18.2 Å². The van der Waals surface area contributed by atoms with Crippen LogP contribution in [0.3, 0.4) is 0 Å². The lowest BCUT2D eigenvalue weighted by atomic mass is 10.0. The molecule has 182 valence electrons. The molecule has 0 saturated carbocycles. The van der Waals surface area contributed by atoms with E-state index < -0.39 is 5.97 Å². The Bertz CT molecular complexity index is 1300. The molecule has 9 heteroatoms. The first-order valence-electron chi connectivity index (χ1n) is 12.0. The predicted octanol–water partition coefficient (Wildman–Crippen LogP) is 1.83. The van der Waals surface area contributed by atoms with E-state index in [2.05, 4.69) is 15.1 Å². The van der Waals surface area contributed by atoms with Crippen molar-refractivity contribution in [1.82, 2.24) is 24.6 Å². The molecule has 0 atom stereocenters. The number of nitrogens with one attached hydrogen (secondary N) is 1. The van der Waals surface area contributed by atoms with Crippen molar-refractivity contribution < 1.29 is 14.7 Å². The van der Waals surface area contributed by atoms with E-state index in [0.29, 0.717) is 41.8 Å². The maximum Gasteiger partial charge on any atom is 0.338 e. The highest BCUT2D eigenvalue weighted by Crippen LogP contribution is 2.24. The number of piperazine rings is 1. The molecule has 0 spiro atoms. The minimum Gasteiger partial charge on any atom is -0.478 e. The van der Waals surface area contributed by atoms with Gasteiger partial charge in [0.15, 0.2) is 0 Å². The Morgan fingerprint density at radius 3 is 2.14 bits per heavy atom. The highest BCUT2D eigenvalue weighted by Gasteiger charge is 2.26. The summed E-state index contributed by atoms with van der Waals surface area (Å²) in [6, 6.07) is 16.2. The van der Waals surface area contributed by atoms with Crippen LogP contribution < -0.4 is 10.9 Å². The normalized spacial score (nSPS) is 17.1. The number of hydrogen-bond acceptors (Lipinski definition) is 5. The monoisotopic (exact) mass is 475 g/mol. The maximum atomic E-state index is 13.6. The second kappa shape index (κ2) is 9.89. The zero-order valence-corrected chi connectivity index (χ0v) is 19.5. The number of hydrogen-bond donors (Lipinski definition) is 2. The molecular weight excluding hydrogens is 446 g/mol. The number of carbonyl (C=O) groups excluding carboxylic acids is 1. The molecule has 35 heavy (non-hydrogen) atoms. The van der Waals surface area contributed by atoms with Crippen LogP contribution in [-0.4, -0.2) is 88.7 Å². The molecule has 2 N–H and O–H groups in total. The first-order valence-corrected chi connectivity index (χ1v) is 12.0. The van der Waals surface area contributed by atoms with Crippen molar-refractivity contribution in [2.75, 3.05) is 52.4 Å². The van der Waals surface area contributed by atoms with Crippen LogP contribution in [0.1, 0.15) is 16.1 Å². The first kappa shape index (κ1) is 23.1. The van der Waals surface area contributed by atoms with Gasteiger partial charge in [-0.15, -0.1) is 0 Å². The van der Waals surface area contributed by atoms with Gasteiger partial charge in [0.2, 0.25) is 0 Å². The molecule has 2 aliphatic rings. The van der Waals surface area contributed by atoms with E-state index in [4.69, 9.17) is 0 Å². The molecule has 2 aliphatic heterocycles. The van der Waals surface area contributed by atoms with E-state index in [0.717, 1.165) is 39.3 Å². The van der Waals surface area contributed by atoms with Gasteiger partial charge in [0.25, 0.3) is 5.56 Å². The third kappa shape index (κ3) is 4.65. The first-order chi connectivity index (χ1) is 17.0. The van der Waals surface area contributed by atoms with Crippen molar-refractivity contribution in [3.63, 3.8) is 0 Å². The van der Waals surface area contributed by atoms with Gasteiger partial charge >= 0.3 is 12.0 Å². The Balaban J connectivity index is 1.42. The number of carbonyl (C=O) groups is 2. The summed E-state index contributed by atoms with van der Waals surface area (Å²) in [4.78, 5) is 44.2. The topological polar surface area (TPSA) is 98.1 Å². The zero-order valence-electron chi connectivity index (χ0n) is 19.5. The SMILES string of the molecule is O=C(O)c1c(CN2CCN(CCN3CCNC3=O)CC2)n(-c2ccccc2)c(=O)c2ccccc12. The summed E-state index contributed by atoms with van der Waals surface area (Å²) >= 11 is 0. The largest absolute Gasteiger partial charge is 0.478 e. The number of carboxylic acid groups (broad SMARTS) is 1. The van der Waals surface area contributed by atoms with Gasteiger partial charge < -0.3 is 15.3 Å².